The molecule has 5 aromatic rings. The Morgan fingerprint density at radius 1 is 0.953 bits per heavy atom. The maximum Gasteiger partial charge on any atom is 0.417 e. The van der Waals surface area contributed by atoms with Gasteiger partial charge in [0.2, 0.25) is 0 Å². The van der Waals surface area contributed by atoms with Crippen LogP contribution in [0.4, 0.5) is 40.6 Å². The molecule has 0 atom stereocenters. The average molecular weight is 896 g/mol. The molecule has 6 heterocycles. The van der Waals surface area contributed by atoms with Crippen molar-refractivity contribution in [2.45, 2.75) is 58.3 Å². The second-order valence-corrected chi connectivity index (χ2v) is 17.2. The van der Waals surface area contributed by atoms with Gasteiger partial charge in [-0.3, -0.25) is 29.2 Å². The first-order chi connectivity index (χ1) is 30.5. The van der Waals surface area contributed by atoms with Gasteiger partial charge in [0.05, 0.1) is 39.5 Å². The summed E-state index contributed by atoms with van der Waals surface area (Å²) in [6, 6.07) is 15.2. The number of rotatable bonds is 10. The molecule has 3 aliphatic rings. The predicted molar refractivity (Wildman–Crippen MR) is 238 cm³/mol. The summed E-state index contributed by atoms with van der Waals surface area (Å²) in [7, 11) is 0. The lowest BCUT2D eigenvalue weighted by Gasteiger charge is -2.39. The molecule has 2 amide bonds. The summed E-state index contributed by atoms with van der Waals surface area (Å²) in [5.74, 6) is -1.07. The highest BCUT2D eigenvalue weighted by atomic mass is 32.1. The molecule has 0 radical (unpaired) electrons. The summed E-state index contributed by atoms with van der Waals surface area (Å²) in [4.78, 5) is 56.0. The normalized spacial score (nSPS) is 17.6. The molecule has 0 spiro atoms. The fourth-order valence-corrected chi connectivity index (χ4v) is 9.17. The smallest absolute Gasteiger partial charge is 0.355 e. The molecule has 0 saturated carbocycles. The van der Waals surface area contributed by atoms with Crippen LogP contribution in [0.25, 0.3) is 11.0 Å². The van der Waals surface area contributed by atoms with Crippen molar-refractivity contribution in [2.24, 2.45) is 5.92 Å². The van der Waals surface area contributed by atoms with E-state index < -0.39 is 40.5 Å². The molecule has 0 aliphatic carbocycles. The van der Waals surface area contributed by atoms with Crippen LogP contribution >= 0.6 is 12.2 Å². The van der Waals surface area contributed by atoms with Crippen molar-refractivity contribution in [1.82, 2.24) is 30.0 Å². The van der Waals surface area contributed by atoms with Crippen LogP contribution in [0.5, 0.6) is 0 Å². The molecule has 3 fully saturated rings. The fraction of sp³-hybridized carbons (Fsp3) is 0.378. The van der Waals surface area contributed by atoms with Crippen LogP contribution in [0.3, 0.4) is 0 Å². The summed E-state index contributed by atoms with van der Waals surface area (Å²) in [6.07, 6.45) is -0.305. The van der Waals surface area contributed by atoms with Gasteiger partial charge in [0.1, 0.15) is 11.4 Å². The van der Waals surface area contributed by atoms with Crippen LogP contribution in [-0.4, -0.2) is 98.2 Å². The molecule has 3 saturated heterocycles. The number of piperazine rings is 1. The van der Waals surface area contributed by atoms with E-state index in [1.165, 1.54) is 43.0 Å². The van der Waals surface area contributed by atoms with E-state index >= 15 is 4.39 Å². The summed E-state index contributed by atoms with van der Waals surface area (Å²) < 4.78 is 56.9. The molecule has 19 heteroatoms. The Morgan fingerprint density at radius 3 is 2.33 bits per heavy atom. The van der Waals surface area contributed by atoms with Crippen molar-refractivity contribution < 1.29 is 27.2 Å². The topological polar surface area (TPSA) is 158 Å². The Balaban J connectivity index is 0.819. The summed E-state index contributed by atoms with van der Waals surface area (Å²) >= 11 is 5.55. The molecular formula is C45H45F4N11O3S. The Bertz CT molecular complexity index is 2720. The molecule has 2 N–H and O–H groups in total. The van der Waals surface area contributed by atoms with Crippen molar-refractivity contribution in [1.29, 1.82) is 5.26 Å². The van der Waals surface area contributed by atoms with Crippen molar-refractivity contribution in [2.75, 3.05) is 65.8 Å². The number of fused-ring (bicyclic) bond motifs is 1. The highest BCUT2D eigenvalue weighted by molar-refractivity contribution is 7.81. The molecule has 3 aromatic heterocycles. The van der Waals surface area contributed by atoms with Crippen LogP contribution in [0.1, 0.15) is 66.2 Å². The number of anilines is 4. The Labute approximate surface area is 371 Å². The van der Waals surface area contributed by atoms with Crippen LogP contribution in [0.15, 0.2) is 71.7 Å². The standard InChI is InChI=1S/C45H45F4N11O3S/c1-4-29-20-36-37(52-40(29)61)19-28(24-51-36)26-57-17-15-56(16-18-57)25-27-11-13-58(14-12-27)39-10-9-38(54-55-39)53-41(62)33-8-7-32(22-35(33)46)60-43(64)59(42(63)44(60,2)3)31-6-5-30(23-50)34(21-31)45(47,48)49/h5-10,19-22,24,27H,4,11-18,25-26H2,1-3H3,(H,52,61)(H,53,54,62). The third-order valence-corrected chi connectivity index (χ3v) is 12.6. The molecule has 64 heavy (non-hydrogen) atoms. The van der Waals surface area contributed by atoms with E-state index in [9.17, 15) is 32.8 Å². The van der Waals surface area contributed by atoms with E-state index in [0.717, 1.165) is 104 Å². The minimum Gasteiger partial charge on any atom is -0.355 e. The van der Waals surface area contributed by atoms with Gasteiger partial charge in [0.25, 0.3) is 17.4 Å². The third kappa shape index (κ3) is 8.90. The lowest BCUT2D eigenvalue weighted by molar-refractivity contribution is -0.137. The number of nitrogens with one attached hydrogen (secondary N) is 2. The number of hydrogen-bond acceptors (Lipinski definition) is 11. The fourth-order valence-electron chi connectivity index (χ4n) is 8.64. The monoisotopic (exact) mass is 895 g/mol. The minimum absolute atomic E-state index is 0.0576. The summed E-state index contributed by atoms with van der Waals surface area (Å²) in [5.41, 5.74) is -0.391. The molecule has 3 aliphatic heterocycles. The van der Waals surface area contributed by atoms with Crippen LogP contribution in [0, 0.1) is 23.1 Å². The Hall–Kier alpha value is -6.36. The zero-order valence-electron chi connectivity index (χ0n) is 35.4. The molecule has 0 unspecified atom stereocenters. The number of aromatic amines is 1. The molecular weight excluding hydrogens is 851 g/mol. The molecule has 0 bridgehead atoms. The predicted octanol–water partition coefficient (Wildman–Crippen LogP) is 6.51. The maximum absolute atomic E-state index is 15.6. The Morgan fingerprint density at radius 2 is 1.67 bits per heavy atom. The third-order valence-electron chi connectivity index (χ3n) is 12.2. The number of aromatic nitrogens is 4. The number of hydrogen-bond donors (Lipinski definition) is 2. The summed E-state index contributed by atoms with van der Waals surface area (Å²) in [5, 5.41) is 20.1. The van der Waals surface area contributed by atoms with Crippen molar-refractivity contribution in [3.05, 3.63) is 111 Å². The number of nitriles is 1. The minimum atomic E-state index is -4.86. The van der Waals surface area contributed by atoms with Crippen molar-refractivity contribution >= 4 is 63.2 Å². The number of piperidine rings is 1. The highest BCUT2D eigenvalue weighted by Crippen LogP contribution is 2.40. The number of thiocarbonyl (C=S) groups is 1. The number of carbonyl (C=O) groups is 2. The number of nitrogens with zero attached hydrogens (tertiary/aromatic N) is 9. The van der Waals surface area contributed by atoms with Gasteiger partial charge in [-0.15, -0.1) is 10.2 Å². The number of aryl methyl sites for hydroxylation is 1. The van der Waals surface area contributed by atoms with Crippen LogP contribution < -0.4 is 25.6 Å². The highest BCUT2D eigenvalue weighted by Gasteiger charge is 2.51. The van der Waals surface area contributed by atoms with Crippen LogP contribution in [0.2, 0.25) is 0 Å². The number of halogens is 4. The second kappa shape index (κ2) is 17.7. The van der Waals surface area contributed by atoms with Gasteiger partial charge in [-0.1, -0.05) is 6.92 Å². The van der Waals surface area contributed by atoms with Crippen molar-refractivity contribution in [3.63, 3.8) is 0 Å². The zero-order valence-corrected chi connectivity index (χ0v) is 36.2. The van der Waals surface area contributed by atoms with Gasteiger partial charge >= 0.3 is 6.18 Å². The molecule has 2 aromatic carbocycles. The van der Waals surface area contributed by atoms with Crippen molar-refractivity contribution in [3.8, 4) is 6.07 Å². The molecule has 8 rings (SSSR count). The second-order valence-electron chi connectivity index (χ2n) is 16.8. The first-order valence-corrected chi connectivity index (χ1v) is 21.4. The van der Waals surface area contributed by atoms with Gasteiger partial charge in [-0.25, -0.2) is 4.39 Å². The largest absolute Gasteiger partial charge is 0.417 e. The first kappa shape index (κ1) is 44.3. The van der Waals surface area contributed by atoms with E-state index in [0.29, 0.717) is 24.2 Å². The number of benzene rings is 2. The zero-order chi connectivity index (χ0) is 45.5. The SMILES string of the molecule is CCc1cc2ncc(CN3CCN(CC4CCN(c5ccc(NC(=O)c6ccc(N7C(=S)N(c8ccc(C#N)c(C(F)(F)F)c8)C(=O)C7(C)C)cc6F)nn5)CC4)CC3)cc2[nH]c1=O. The lowest BCUT2D eigenvalue weighted by atomic mass is 9.96. The molecule has 14 nitrogen and oxygen atoms in total. The molecule has 332 valence electrons. The number of alkyl halides is 3. The van der Waals surface area contributed by atoms with Gasteiger partial charge in [-0.2, -0.15) is 18.4 Å². The van der Waals surface area contributed by atoms with E-state index in [4.69, 9.17) is 12.2 Å². The van der Waals surface area contributed by atoms with Gasteiger partial charge in [0.15, 0.2) is 16.7 Å². The van der Waals surface area contributed by atoms with E-state index in [2.05, 4.69) is 40.2 Å². The van der Waals surface area contributed by atoms with E-state index in [1.54, 1.807) is 12.1 Å². The maximum atomic E-state index is 15.6. The van der Waals surface area contributed by atoms with Crippen LogP contribution in [-0.2, 0) is 23.9 Å². The first-order valence-electron chi connectivity index (χ1n) is 21.0. The van der Waals surface area contributed by atoms with Gasteiger partial charge in [-0.05, 0) is 117 Å². The quantitative estimate of drug-likeness (QED) is 0.116. The Kier molecular flexibility index (Phi) is 12.2. The number of pyridine rings is 2. The number of amides is 2. The van der Waals surface area contributed by atoms with E-state index in [-0.39, 0.29) is 33.4 Å². The van der Waals surface area contributed by atoms with Gasteiger partial charge < -0.3 is 25.0 Å². The lowest BCUT2D eigenvalue weighted by Crippen LogP contribution is -2.48. The van der Waals surface area contributed by atoms with E-state index in [1.807, 2.05) is 25.3 Å². The number of H-pyrrole nitrogens is 1. The summed E-state index contributed by atoms with van der Waals surface area (Å²) in [6.45, 7) is 12.2. The van der Waals surface area contributed by atoms with Gasteiger partial charge in [0, 0.05) is 69.8 Å². The average Bonchev–Trinajstić information content (AvgIpc) is 3.45. The number of carbonyl (C=O) groups excluding carboxylic acids is 2.